The van der Waals surface area contributed by atoms with Gasteiger partial charge in [-0.2, -0.15) is 0 Å². The van der Waals surface area contributed by atoms with Gasteiger partial charge in [0.15, 0.2) is 0 Å². The molecular formula is C15H15BrFNO2. The molecule has 20 heavy (non-hydrogen) atoms. The zero-order valence-electron chi connectivity index (χ0n) is 10.9. The second-order valence-electron chi connectivity index (χ2n) is 4.30. The molecule has 0 aromatic heterocycles. The van der Waals surface area contributed by atoms with E-state index < -0.39 is 6.10 Å². The van der Waals surface area contributed by atoms with E-state index in [9.17, 15) is 9.50 Å². The van der Waals surface area contributed by atoms with Crippen molar-refractivity contribution in [2.45, 2.75) is 6.10 Å². The highest BCUT2D eigenvalue weighted by Crippen LogP contribution is 2.28. The zero-order chi connectivity index (χ0) is 14.5. The Hall–Kier alpha value is -1.59. The lowest BCUT2D eigenvalue weighted by molar-refractivity contribution is 0.191. The summed E-state index contributed by atoms with van der Waals surface area (Å²) in [5.74, 6) is 0.321. The monoisotopic (exact) mass is 339 g/mol. The third-order valence-electron chi connectivity index (χ3n) is 2.88. The third kappa shape index (κ3) is 3.71. The average molecular weight is 340 g/mol. The number of aliphatic hydroxyl groups is 1. The van der Waals surface area contributed by atoms with Crippen LogP contribution < -0.4 is 10.1 Å². The standard InChI is InChI=1S/C15H15BrFNO2/c1-20-15-6-5-11(16)8-13(15)18-9-14(19)10-3-2-4-12(17)7-10/h2-8,14,18-19H,9H2,1H3. The average Bonchev–Trinajstić information content (AvgIpc) is 2.45. The van der Waals surface area contributed by atoms with Gasteiger partial charge in [-0.1, -0.05) is 28.1 Å². The molecule has 1 unspecified atom stereocenters. The van der Waals surface area contributed by atoms with E-state index in [0.29, 0.717) is 11.3 Å². The molecule has 0 saturated carbocycles. The van der Waals surface area contributed by atoms with Crippen LogP contribution in [0.25, 0.3) is 0 Å². The number of aliphatic hydroxyl groups excluding tert-OH is 1. The van der Waals surface area contributed by atoms with E-state index >= 15 is 0 Å². The van der Waals surface area contributed by atoms with Gasteiger partial charge in [-0.25, -0.2) is 4.39 Å². The van der Waals surface area contributed by atoms with Crippen molar-refractivity contribution in [3.63, 3.8) is 0 Å². The minimum Gasteiger partial charge on any atom is -0.495 e. The van der Waals surface area contributed by atoms with Crippen molar-refractivity contribution in [3.05, 3.63) is 58.3 Å². The Morgan fingerprint density at radius 2 is 2.10 bits per heavy atom. The molecule has 106 valence electrons. The molecule has 2 rings (SSSR count). The highest BCUT2D eigenvalue weighted by atomic mass is 79.9. The van der Waals surface area contributed by atoms with Crippen LogP contribution in [0.15, 0.2) is 46.9 Å². The summed E-state index contributed by atoms with van der Waals surface area (Å²) in [6, 6.07) is 11.5. The zero-order valence-corrected chi connectivity index (χ0v) is 12.5. The molecule has 3 nitrogen and oxygen atoms in total. The Kier molecular flexibility index (Phi) is 4.98. The van der Waals surface area contributed by atoms with Gasteiger partial charge in [0.05, 0.1) is 18.9 Å². The van der Waals surface area contributed by atoms with Gasteiger partial charge in [0, 0.05) is 11.0 Å². The molecule has 0 saturated heterocycles. The second-order valence-corrected chi connectivity index (χ2v) is 5.21. The molecule has 0 fully saturated rings. The molecule has 2 aromatic rings. The number of hydrogen-bond acceptors (Lipinski definition) is 3. The van der Waals surface area contributed by atoms with Crippen LogP contribution in [0, 0.1) is 5.82 Å². The van der Waals surface area contributed by atoms with Crippen LogP contribution in [0.4, 0.5) is 10.1 Å². The van der Waals surface area contributed by atoms with E-state index in [1.165, 1.54) is 12.1 Å². The van der Waals surface area contributed by atoms with E-state index in [1.54, 1.807) is 19.2 Å². The van der Waals surface area contributed by atoms with E-state index in [-0.39, 0.29) is 12.4 Å². The Bertz CT molecular complexity index is 592. The lowest BCUT2D eigenvalue weighted by Crippen LogP contribution is -2.12. The van der Waals surface area contributed by atoms with Gasteiger partial charge >= 0.3 is 0 Å². The quantitative estimate of drug-likeness (QED) is 0.871. The first-order valence-electron chi connectivity index (χ1n) is 6.11. The summed E-state index contributed by atoms with van der Waals surface area (Å²) >= 11 is 3.38. The summed E-state index contributed by atoms with van der Waals surface area (Å²) < 4.78 is 19.2. The number of halogens is 2. The minimum absolute atomic E-state index is 0.260. The number of hydrogen-bond donors (Lipinski definition) is 2. The molecule has 5 heteroatoms. The summed E-state index contributed by atoms with van der Waals surface area (Å²) in [5.41, 5.74) is 1.30. The van der Waals surface area contributed by atoms with Gasteiger partial charge in [0.25, 0.3) is 0 Å². The predicted molar refractivity (Wildman–Crippen MR) is 80.5 cm³/mol. The predicted octanol–water partition coefficient (Wildman–Crippen LogP) is 3.74. The van der Waals surface area contributed by atoms with Crippen molar-refractivity contribution < 1.29 is 14.2 Å². The molecule has 2 N–H and O–H groups in total. The number of rotatable bonds is 5. The number of anilines is 1. The SMILES string of the molecule is COc1ccc(Br)cc1NCC(O)c1cccc(F)c1. The molecule has 0 aliphatic rings. The van der Waals surface area contributed by atoms with Crippen molar-refractivity contribution in [3.8, 4) is 5.75 Å². The van der Waals surface area contributed by atoms with Gasteiger partial charge in [0.1, 0.15) is 11.6 Å². The number of benzene rings is 2. The molecule has 2 aromatic carbocycles. The van der Waals surface area contributed by atoms with Gasteiger partial charge in [-0.15, -0.1) is 0 Å². The van der Waals surface area contributed by atoms with Crippen LogP contribution in [0.3, 0.4) is 0 Å². The van der Waals surface area contributed by atoms with Gasteiger partial charge in [-0.05, 0) is 35.9 Å². The number of nitrogens with one attached hydrogen (secondary N) is 1. The van der Waals surface area contributed by atoms with Crippen molar-refractivity contribution in [1.29, 1.82) is 0 Å². The molecule has 0 radical (unpaired) electrons. The molecule has 0 bridgehead atoms. The molecule has 0 aliphatic heterocycles. The topological polar surface area (TPSA) is 41.5 Å². The van der Waals surface area contributed by atoms with Crippen LogP contribution in [-0.4, -0.2) is 18.8 Å². The molecular weight excluding hydrogens is 325 g/mol. The fraction of sp³-hybridized carbons (Fsp3) is 0.200. The molecule has 0 amide bonds. The normalized spacial score (nSPS) is 12.0. The molecule has 1 atom stereocenters. The Balaban J connectivity index is 2.06. The fourth-order valence-corrected chi connectivity index (χ4v) is 2.22. The summed E-state index contributed by atoms with van der Waals surface area (Å²) in [6.45, 7) is 0.260. The third-order valence-corrected chi connectivity index (χ3v) is 3.37. The van der Waals surface area contributed by atoms with Crippen LogP contribution in [-0.2, 0) is 0 Å². The van der Waals surface area contributed by atoms with Crippen LogP contribution >= 0.6 is 15.9 Å². The summed E-state index contributed by atoms with van der Waals surface area (Å²) in [7, 11) is 1.58. The van der Waals surface area contributed by atoms with Crippen LogP contribution in [0.5, 0.6) is 5.75 Å². The Morgan fingerprint density at radius 3 is 2.80 bits per heavy atom. The first kappa shape index (κ1) is 14.8. The lowest BCUT2D eigenvalue weighted by Gasteiger charge is -2.15. The van der Waals surface area contributed by atoms with Gasteiger partial charge in [0.2, 0.25) is 0 Å². The van der Waals surface area contributed by atoms with Gasteiger partial charge < -0.3 is 15.2 Å². The number of methoxy groups -OCH3 is 1. The Labute approximate surface area is 125 Å². The summed E-state index contributed by atoms with van der Waals surface area (Å²) in [5, 5.41) is 13.2. The number of ether oxygens (including phenoxy) is 1. The van der Waals surface area contributed by atoms with Crippen molar-refractivity contribution in [1.82, 2.24) is 0 Å². The van der Waals surface area contributed by atoms with E-state index in [2.05, 4.69) is 21.2 Å². The maximum Gasteiger partial charge on any atom is 0.142 e. The minimum atomic E-state index is -0.797. The second kappa shape index (κ2) is 6.72. The first-order valence-corrected chi connectivity index (χ1v) is 6.90. The Morgan fingerprint density at radius 1 is 1.30 bits per heavy atom. The summed E-state index contributed by atoms with van der Waals surface area (Å²) in [6.07, 6.45) is -0.797. The van der Waals surface area contributed by atoms with Crippen LogP contribution in [0.2, 0.25) is 0 Å². The first-order chi connectivity index (χ1) is 9.60. The summed E-state index contributed by atoms with van der Waals surface area (Å²) in [4.78, 5) is 0. The van der Waals surface area contributed by atoms with Crippen molar-refractivity contribution >= 4 is 21.6 Å². The van der Waals surface area contributed by atoms with Crippen LogP contribution in [0.1, 0.15) is 11.7 Å². The fourth-order valence-electron chi connectivity index (χ4n) is 1.86. The van der Waals surface area contributed by atoms with Crippen molar-refractivity contribution in [2.24, 2.45) is 0 Å². The highest BCUT2D eigenvalue weighted by Gasteiger charge is 2.10. The van der Waals surface area contributed by atoms with E-state index in [1.807, 2.05) is 18.2 Å². The molecule has 0 spiro atoms. The molecule has 0 heterocycles. The van der Waals surface area contributed by atoms with E-state index in [4.69, 9.17) is 4.74 Å². The maximum absolute atomic E-state index is 13.1. The van der Waals surface area contributed by atoms with Gasteiger partial charge in [-0.3, -0.25) is 0 Å². The lowest BCUT2D eigenvalue weighted by atomic mass is 10.1. The maximum atomic E-state index is 13.1. The smallest absolute Gasteiger partial charge is 0.142 e. The largest absolute Gasteiger partial charge is 0.495 e. The molecule has 0 aliphatic carbocycles. The van der Waals surface area contributed by atoms with Crippen molar-refractivity contribution in [2.75, 3.05) is 19.0 Å². The van der Waals surface area contributed by atoms with E-state index in [0.717, 1.165) is 10.2 Å². The highest BCUT2D eigenvalue weighted by molar-refractivity contribution is 9.10.